The fourth-order valence-corrected chi connectivity index (χ4v) is 2.45. The second-order valence-corrected chi connectivity index (χ2v) is 5.97. The number of hydrogen-bond acceptors (Lipinski definition) is 4. The predicted molar refractivity (Wildman–Crippen MR) is 95.0 cm³/mol. The van der Waals surface area contributed by atoms with Crippen LogP contribution in [0.4, 0.5) is 5.82 Å². The molecule has 1 amide bonds. The van der Waals surface area contributed by atoms with Gasteiger partial charge in [-0.05, 0) is 31.0 Å². The van der Waals surface area contributed by atoms with E-state index in [1.165, 1.54) is 29.4 Å². The first-order chi connectivity index (χ1) is 12.4. The number of carboxylic acid groups (broad SMARTS) is 1. The number of carbonyl (C=O) groups excluding carboxylic acids is 1. The van der Waals surface area contributed by atoms with Crippen LogP contribution in [0.5, 0.6) is 0 Å². The molecule has 2 heterocycles. The Morgan fingerprint density at radius 1 is 1.15 bits per heavy atom. The molecule has 26 heavy (non-hydrogen) atoms. The van der Waals surface area contributed by atoms with Crippen LogP contribution in [0.3, 0.4) is 0 Å². The largest absolute Gasteiger partial charge is 0.480 e. The average molecular weight is 353 g/mol. The fraction of sp³-hybridized carbons (Fsp3) is 0.222. The van der Waals surface area contributed by atoms with Crippen molar-refractivity contribution in [3.8, 4) is 0 Å². The lowest BCUT2D eigenvalue weighted by molar-refractivity contribution is -0.140. The highest BCUT2D eigenvalue weighted by molar-refractivity contribution is 6.02. The van der Waals surface area contributed by atoms with Crippen LogP contribution in [0, 0.1) is 6.92 Å². The molecule has 0 fully saturated rings. The van der Waals surface area contributed by atoms with Crippen molar-refractivity contribution in [2.24, 2.45) is 0 Å². The first kappa shape index (κ1) is 17.4. The minimum atomic E-state index is -1.02. The van der Waals surface area contributed by atoms with E-state index < -0.39 is 17.9 Å². The summed E-state index contributed by atoms with van der Waals surface area (Å²) in [6, 6.07) is 10.4. The highest BCUT2D eigenvalue weighted by Gasteiger charge is 2.17. The zero-order valence-corrected chi connectivity index (χ0v) is 14.5. The topological polar surface area (TPSA) is 102 Å². The van der Waals surface area contributed by atoms with Crippen LogP contribution < -0.4 is 5.32 Å². The van der Waals surface area contributed by atoms with E-state index in [0.717, 1.165) is 5.56 Å². The van der Waals surface area contributed by atoms with Gasteiger partial charge < -0.3 is 10.4 Å². The molecule has 0 aliphatic rings. The number of anilines is 1. The molecule has 8 heteroatoms. The summed E-state index contributed by atoms with van der Waals surface area (Å²) >= 11 is 0. The molecule has 134 valence electrons. The Labute approximate surface area is 150 Å². The third-order valence-electron chi connectivity index (χ3n) is 4.07. The zero-order chi connectivity index (χ0) is 18.7. The van der Waals surface area contributed by atoms with Gasteiger partial charge in [-0.15, -0.1) is 0 Å². The molecule has 3 rings (SSSR count). The van der Waals surface area contributed by atoms with Crippen molar-refractivity contribution < 1.29 is 14.7 Å². The van der Waals surface area contributed by atoms with E-state index in [9.17, 15) is 9.59 Å². The number of aromatic nitrogens is 4. The zero-order valence-electron chi connectivity index (χ0n) is 14.5. The Balaban J connectivity index is 1.66. The molecule has 0 aliphatic heterocycles. The summed E-state index contributed by atoms with van der Waals surface area (Å²) in [5.74, 6) is -1.05. The summed E-state index contributed by atoms with van der Waals surface area (Å²) in [6.45, 7) is 4.13. The number of carboxylic acids is 1. The van der Waals surface area contributed by atoms with E-state index in [2.05, 4.69) is 15.5 Å². The second-order valence-electron chi connectivity index (χ2n) is 5.97. The van der Waals surface area contributed by atoms with Gasteiger partial charge in [0.15, 0.2) is 11.5 Å². The van der Waals surface area contributed by atoms with Crippen molar-refractivity contribution in [2.75, 3.05) is 5.32 Å². The van der Waals surface area contributed by atoms with E-state index in [0.29, 0.717) is 12.4 Å². The first-order valence-corrected chi connectivity index (χ1v) is 8.11. The molecule has 2 aromatic heterocycles. The molecular weight excluding hydrogens is 334 g/mol. The summed E-state index contributed by atoms with van der Waals surface area (Å²) in [6.07, 6.45) is 3.25. The minimum Gasteiger partial charge on any atom is -0.480 e. The highest BCUT2D eigenvalue weighted by atomic mass is 16.4. The SMILES string of the molecule is Cc1ccccc1Cn1ccc(NC(=O)c2ccn(C(C)C(=O)O)n2)n1. The molecule has 2 N–H and O–H groups in total. The van der Waals surface area contributed by atoms with Gasteiger partial charge in [0.1, 0.15) is 6.04 Å². The van der Waals surface area contributed by atoms with Crippen LogP contribution >= 0.6 is 0 Å². The number of nitrogens with one attached hydrogen (secondary N) is 1. The van der Waals surface area contributed by atoms with Gasteiger partial charge in [-0.1, -0.05) is 24.3 Å². The van der Waals surface area contributed by atoms with Gasteiger partial charge in [-0.2, -0.15) is 10.2 Å². The third kappa shape index (κ3) is 3.80. The lowest BCUT2D eigenvalue weighted by Gasteiger charge is -2.06. The molecule has 0 saturated carbocycles. The Morgan fingerprint density at radius 3 is 2.65 bits per heavy atom. The third-order valence-corrected chi connectivity index (χ3v) is 4.07. The van der Waals surface area contributed by atoms with Gasteiger partial charge in [-0.3, -0.25) is 14.2 Å². The maximum Gasteiger partial charge on any atom is 0.328 e. The maximum absolute atomic E-state index is 12.3. The van der Waals surface area contributed by atoms with Crippen LogP contribution in [0.2, 0.25) is 0 Å². The van der Waals surface area contributed by atoms with E-state index in [1.54, 1.807) is 16.9 Å². The Morgan fingerprint density at radius 2 is 1.92 bits per heavy atom. The maximum atomic E-state index is 12.3. The lowest BCUT2D eigenvalue weighted by atomic mass is 10.1. The van der Waals surface area contributed by atoms with Gasteiger partial charge in [0, 0.05) is 18.5 Å². The van der Waals surface area contributed by atoms with Gasteiger partial charge in [-0.25, -0.2) is 4.79 Å². The Hall–Kier alpha value is -3.42. The van der Waals surface area contributed by atoms with E-state index in [-0.39, 0.29) is 5.69 Å². The number of amides is 1. The van der Waals surface area contributed by atoms with Crippen LogP contribution in [-0.2, 0) is 11.3 Å². The fourth-order valence-electron chi connectivity index (χ4n) is 2.45. The van der Waals surface area contributed by atoms with E-state index in [4.69, 9.17) is 5.11 Å². The molecule has 1 atom stereocenters. The number of rotatable bonds is 6. The molecule has 0 saturated heterocycles. The minimum absolute atomic E-state index is 0.131. The summed E-state index contributed by atoms with van der Waals surface area (Å²) in [4.78, 5) is 23.2. The number of aliphatic carboxylic acids is 1. The molecular formula is C18H19N5O3. The summed E-state index contributed by atoms with van der Waals surface area (Å²) in [7, 11) is 0. The Kier molecular flexibility index (Phi) is 4.83. The van der Waals surface area contributed by atoms with E-state index >= 15 is 0 Å². The van der Waals surface area contributed by atoms with Gasteiger partial charge >= 0.3 is 5.97 Å². The Bertz CT molecular complexity index is 944. The number of nitrogens with zero attached hydrogens (tertiary/aromatic N) is 4. The van der Waals surface area contributed by atoms with Gasteiger partial charge in [0.05, 0.1) is 6.54 Å². The second kappa shape index (κ2) is 7.22. The summed E-state index contributed by atoms with van der Waals surface area (Å²) in [5.41, 5.74) is 2.45. The average Bonchev–Trinajstić information content (AvgIpc) is 3.26. The summed E-state index contributed by atoms with van der Waals surface area (Å²) in [5, 5.41) is 20.0. The number of aryl methyl sites for hydroxylation is 1. The van der Waals surface area contributed by atoms with Crippen LogP contribution in [0.25, 0.3) is 0 Å². The molecule has 1 unspecified atom stereocenters. The molecule has 0 aliphatic carbocycles. The molecule has 0 radical (unpaired) electrons. The predicted octanol–water partition coefficient (Wildman–Crippen LogP) is 2.33. The smallest absolute Gasteiger partial charge is 0.328 e. The van der Waals surface area contributed by atoms with Crippen molar-refractivity contribution in [1.29, 1.82) is 0 Å². The van der Waals surface area contributed by atoms with Crippen molar-refractivity contribution in [3.63, 3.8) is 0 Å². The van der Waals surface area contributed by atoms with Crippen molar-refractivity contribution in [1.82, 2.24) is 19.6 Å². The molecule has 1 aromatic carbocycles. The first-order valence-electron chi connectivity index (χ1n) is 8.11. The molecule has 8 nitrogen and oxygen atoms in total. The number of benzene rings is 1. The standard InChI is InChI=1S/C18H19N5O3/c1-12-5-3-4-6-14(12)11-22-9-8-16(21-22)19-17(24)15-7-10-23(20-15)13(2)18(25)26/h3-10,13H,11H2,1-2H3,(H,25,26)(H,19,21,24). The monoisotopic (exact) mass is 353 g/mol. The summed E-state index contributed by atoms with van der Waals surface area (Å²) < 4.78 is 2.97. The normalized spacial score (nSPS) is 11.9. The van der Waals surface area contributed by atoms with Crippen LogP contribution in [0.15, 0.2) is 48.8 Å². The van der Waals surface area contributed by atoms with Gasteiger partial charge in [0.25, 0.3) is 5.91 Å². The molecule has 3 aromatic rings. The van der Waals surface area contributed by atoms with E-state index in [1.807, 2.05) is 31.2 Å². The molecule has 0 spiro atoms. The van der Waals surface area contributed by atoms with Crippen molar-refractivity contribution in [3.05, 3.63) is 65.6 Å². The van der Waals surface area contributed by atoms with Gasteiger partial charge in [0.2, 0.25) is 0 Å². The molecule has 0 bridgehead atoms. The van der Waals surface area contributed by atoms with Crippen LogP contribution in [-0.4, -0.2) is 36.5 Å². The highest BCUT2D eigenvalue weighted by Crippen LogP contribution is 2.12. The van der Waals surface area contributed by atoms with Crippen LogP contribution in [0.1, 0.15) is 34.6 Å². The quantitative estimate of drug-likeness (QED) is 0.708. The van der Waals surface area contributed by atoms with Crippen molar-refractivity contribution >= 4 is 17.7 Å². The van der Waals surface area contributed by atoms with Crippen molar-refractivity contribution in [2.45, 2.75) is 26.4 Å². The number of hydrogen-bond donors (Lipinski definition) is 2. The number of carbonyl (C=O) groups is 2. The lowest BCUT2D eigenvalue weighted by Crippen LogP contribution is -2.18.